The second-order valence-electron chi connectivity index (χ2n) is 7.68. The van der Waals surface area contributed by atoms with E-state index < -0.39 is 24.0 Å². The molecule has 2 atom stereocenters. The first-order chi connectivity index (χ1) is 15.9. The number of aliphatic hydroxyl groups excluding tert-OH is 1. The SMILES string of the molecule is NC(Cc1ccc(OCc2ccccc2)cc1)C(O)C(F)(F)C(=O)NCCc1ccccn1. The number of nitrogens with one attached hydrogen (secondary N) is 1. The van der Waals surface area contributed by atoms with Crippen LogP contribution in [0.1, 0.15) is 16.8 Å². The van der Waals surface area contributed by atoms with Gasteiger partial charge in [0.05, 0.1) is 0 Å². The van der Waals surface area contributed by atoms with E-state index in [1.165, 1.54) is 0 Å². The number of ether oxygens (including phenoxy) is 1. The quantitative estimate of drug-likeness (QED) is 0.413. The number of pyridine rings is 1. The van der Waals surface area contributed by atoms with Crippen molar-refractivity contribution in [1.82, 2.24) is 10.3 Å². The van der Waals surface area contributed by atoms with Gasteiger partial charge in [-0.05, 0) is 41.8 Å². The lowest BCUT2D eigenvalue weighted by molar-refractivity contribution is -0.165. The number of aromatic nitrogens is 1. The van der Waals surface area contributed by atoms with E-state index in [0.29, 0.717) is 30.0 Å². The van der Waals surface area contributed by atoms with Crippen molar-refractivity contribution in [3.8, 4) is 5.75 Å². The van der Waals surface area contributed by atoms with E-state index >= 15 is 0 Å². The van der Waals surface area contributed by atoms with Gasteiger partial charge in [0.25, 0.3) is 5.91 Å². The summed E-state index contributed by atoms with van der Waals surface area (Å²) in [4.78, 5) is 16.0. The zero-order chi connectivity index (χ0) is 23.7. The Balaban J connectivity index is 1.48. The van der Waals surface area contributed by atoms with Gasteiger partial charge >= 0.3 is 5.92 Å². The van der Waals surface area contributed by atoms with Crippen LogP contribution in [-0.4, -0.2) is 40.6 Å². The fourth-order valence-electron chi connectivity index (χ4n) is 3.22. The highest BCUT2D eigenvalue weighted by atomic mass is 19.3. The third-order valence-electron chi connectivity index (χ3n) is 5.12. The molecule has 0 aliphatic rings. The van der Waals surface area contributed by atoms with Crippen LogP contribution in [0.4, 0.5) is 8.78 Å². The van der Waals surface area contributed by atoms with E-state index in [1.54, 1.807) is 48.7 Å². The number of aliphatic hydroxyl groups is 1. The molecule has 3 aromatic rings. The molecule has 6 nitrogen and oxygen atoms in total. The van der Waals surface area contributed by atoms with Crippen molar-refractivity contribution in [3.05, 3.63) is 95.8 Å². The highest BCUT2D eigenvalue weighted by Crippen LogP contribution is 2.23. The molecule has 0 aliphatic heterocycles. The predicted molar refractivity (Wildman–Crippen MR) is 121 cm³/mol. The molecule has 2 aromatic carbocycles. The summed E-state index contributed by atoms with van der Waals surface area (Å²) >= 11 is 0. The van der Waals surface area contributed by atoms with E-state index in [-0.39, 0.29) is 13.0 Å². The molecule has 0 saturated heterocycles. The third-order valence-corrected chi connectivity index (χ3v) is 5.12. The Bertz CT molecular complexity index is 1000. The van der Waals surface area contributed by atoms with Gasteiger partial charge in [0.1, 0.15) is 18.5 Å². The van der Waals surface area contributed by atoms with Crippen molar-refractivity contribution < 1.29 is 23.4 Å². The van der Waals surface area contributed by atoms with Gasteiger partial charge in [0, 0.05) is 30.9 Å². The van der Waals surface area contributed by atoms with Crippen LogP contribution < -0.4 is 15.8 Å². The minimum Gasteiger partial charge on any atom is -0.489 e. The van der Waals surface area contributed by atoms with Crippen molar-refractivity contribution in [2.75, 3.05) is 6.54 Å². The smallest absolute Gasteiger partial charge is 0.351 e. The number of alkyl halides is 2. The first-order valence-electron chi connectivity index (χ1n) is 10.6. The lowest BCUT2D eigenvalue weighted by atomic mass is 9.97. The van der Waals surface area contributed by atoms with Gasteiger partial charge in [-0.1, -0.05) is 48.5 Å². The van der Waals surface area contributed by atoms with Gasteiger partial charge in [0.15, 0.2) is 0 Å². The number of nitrogens with two attached hydrogens (primary N) is 1. The molecule has 0 saturated carbocycles. The van der Waals surface area contributed by atoms with Crippen molar-refractivity contribution in [2.24, 2.45) is 5.73 Å². The first-order valence-corrected chi connectivity index (χ1v) is 10.6. The maximum absolute atomic E-state index is 14.4. The summed E-state index contributed by atoms with van der Waals surface area (Å²) in [6.07, 6.45) is -0.488. The molecular weight excluding hydrogens is 428 g/mol. The molecule has 0 aliphatic carbocycles. The standard InChI is InChI=1S/C25H27F2N3O3/c26-25(27,24(32)30-15-13-20-8-4-5-14-29-20)23(31)22(28)16-18-9-11-21(12-10-18)33-17-19-6-2-1-3-7-19/h1-12,14,22-23,31H,13,15-17,28H2,(H,30,32). The van der Waals surface area contributed by atoms with Gasteiger partial charge in [0.2, 0.25) is 0 Å². The molecule has 1 heterocycles. The molecule has 2 unspecified atom stereocenters. The van der Waals surface area contributed by atoms with E-state index in [1.807, 2.05) is 30.3 Å². The highest BCUT2D eigenvalue weighted by molar-refractivity contribution is 5.84. The molecule has 8 heteroatoms. The van der Waals surface area contributed by atoms with Gasteiger partial charge in [-0.3, -0.25) is 9.78 Å². The number of amides is 1. The molecule has 0 fully saturated rings. The van der Waals surface area contributed by atoms with E-state index in [9.17, 15) is 18.7 Å². The molecule has 1 aromatic heterocycles. The minimum absolute atomic E-state index is 0.0299. The summed E-state index contributed by atoms with van der Waals surface area (Å²) in [6.45, 7) is 0.373. The summed E-state index contributed by atoms with van der Waals surface area (Å²) < 4.78 is 34.6. The minimum atomic E-state index is -4.03. The Hall–Kier alpha value is -3.36. The van der Waals surface area contributed by atoms with E-state index in [2.05, 4.69) is 10.3 Å². The van der Waals surface area contributed by atoms with Crippen LogP contribution in [-0.2, 0) is 24.2 Å². The number of nitrogens with zero attached hydrogens (tertiary/aromatic N) is 1. The van der Waals surface area contributed by atoms with E-state index in [4.69, 9.17) is 10.5 Å². The molecule has 1 amide bonds. The van der Waals surface area contributed by atoms with Crippen molar-refractivity contribution in [1.29, 1.82) is 0 Å². The Labute approximate surface area is 191 Å². The van der Waals surface area contributed by atoms with Crippen LogP contribution in [0.25, 0.3) is 0 Å². The monoisotopic (exact) mass is 455 g/mol. The van der Waals surface area contributed by atoms with Gasteiger partial charge in [-0.25, -0.2) is 0 Å². The topological polar surface area (TPSA) is 97.5 Å². The summed E-state index contributed by atoms with van der Waals surface area (Å²) in [5.41, 5.74) is 8.14. The number of benzene rings is 2. The fraction of sp³-hybridized carbons (Fsp3) is 0.280. The second-order valence-corrected chi connectivity index (χ2v) is 7.68. The fourth-order valence-corrected chi connectivity index (χ4v) is 3.22. The highest BCUT2D eigenvalue weighted by Gasteiger charge is 2.48. The number of hydrogen-bond donors (Lipinski definition) is 3. The Morgan fingerprint density at radius 3 is 2.39 bits per heavy atom. The molecule has 0 radical (unpaired) electrons. The molecule has 0 bridgehead atoms. The molecular formula is C25H27F2N3O3. The van der Waals surface area contributed by atoms with Gasteiger partial charge < -0.3 is 20.9 Å². The maximum atomic E-state index is 14.4. The first kappa shape index (κ1) is 24.3. The molecule has 4 N–H and O–H groups in total. The summed E-state index contributed by atoms with van der Waals surface area (Å²) in [5.74, 6) is -4.97. The largest absolute Gasteiger partial charge is 0.489 e. The summed E-state index contributed by atoms with van der Waals surface area (Å²) in [7, 11) is 0. The maximum Gasteiger partial charge on any atom is 0.351 e. The number of hydrogen-bond acceptors (Lipinski definition) is 5. The zero-order valence-corrected chi connectivity index (χ0v) is 18.0. The van der Waals surface area contributed by atoms with Crippen LogP contribution in [0.15, 0.2) is 79.0 Å². The Kier molecular flexibility index (Phi) is 8.46. The molecule has 3 rings (SSSR count). The number of carbonyl (C=O) groups excluding carboxylic acids is 1. The zero-order valence-electron chi connectivity index (χ0n) is 18.0. The van der Waals surface area contributed by atoms with Gasteiger partial charge in [-0.15, -0.1) is 0 Å². The number of halogens is 2. The van der Waals surface area contributed by atoms with Crippen LogP contribution in [0, 0.1) is 0 Å². The molecule has 0 spiro atoms. The van der Waals surface area contributed by atoms with Gasteiger partial charge in [-0.2, -0.15) is 8.78 Å². The Morgan fingerprint density at radius 1 is 1.03 bits per heavy atom. The third kappa shape index (κ3) is 7.06. The lowest BCUT2D eigenvalue weighted by Gasteiger charge is -2.26. The summed E-state index contributed by atoms with van der Waals surface area (Å²) in [5, 5.41) is 12.2. The molecule has 174 valence electrons. The average Bonchev–Trinajstić information content (AvgIpc) is 2.84. The second kappa shape index (κ2) is 11.5. The van der Waals surface area contributed by atoms with Crippen LogP contribution in [0.3, 0.4) is 0 Å². The predicted octanol–water partition coefficient (Wildman–Crippen LogP) is 2.89. The number of carbonyl (C=O) groups is 1. The Morgan fingerprint density at radius 2 is 1.73 bits per heavy atom. The van der Waals surface area contributed by atoms with E-state index in [0.717, 1.165) is 5.56 Å². The van der Waals surface area contributed by atoms with Crippen LogP contribution in [0.2, 0.25) is 0 Å². The summed E-state index contributed by atoms with van der Waals surface area (Å²) in [6, 6.07) is 20.4. The van der Waals surface area contributed by atoms with Crippen molar-refractivity contribution in [3.63, 3.8) is 0 Å². The lowest BCUT2D eigenvalue weighted by Crippen LogP contribution is -2.56. The van der Waals surface area contributed by atoms with Crippen LogP contribution in [0.5, 0.6) is 5.75 Å². The molecule has 33 heavy (non-hydrogen) atoms. The van der Waals surface area contributed by atoms with Crippen molar-refractivity contribution in [2.45, 2.75) is 37.5 Å². The average molecular weight is 456 g/mol. The normalized spacial score (nSPS) is 13.2. The number of rotatable bonds is 11. The van der Waals surface area contributed by atoms with Crippen molar-refractivity contribution >= 4 is 5.91 Å². The van der Waals surface area contributed by atoms with Crippen LogP contribution >= 0.6 is 0 Å².